The topological polar surface area (TPSA) is 35.6 Å². The van der Waals surface area contributed by atoms with Gasteiger partial charge in [0.2, 0.25) is 0 Å². The molecule has 4 nitrogen and oxygen atoms in total. The fourth-order valence-corrected chi connectivity index (χ4v) is 4.25. The molecular formula is C21H25N3O. The first-order valence-electron chi connectivity index (χ1n) is 9.23. The first-order valence-corrected chi connectivity index (χ1v) is 9.23. The Morgan fingerprint density at radius 3 is 2.64 bits per heavy atom. The number of likely N-dealkylation sites (N-methyl/N-ethyl adjacent to an activating group) is 1. The Balaban J connectivity index is 1.72. The van der Waals surface area contributed by atoms with Crippen molar-refractivity contribution in [2.75, 3.05) is 25.0 Å². The van der Waals surface area contributed by atoms with Crippen molar-refractivity contribution in [3.05, 3.63) is 65.7 Å². The molecule has 2 amide bonds. The van der Waals surface area contributed by atoms with Gasteiger partial charge in [-0.2, -0.15) is 0 Å². The van der Waals surface area contributed by atoms with E-state index in [2.05, 4.69) is 53.5 Å². The van der Waals surface area contributed by atoms with Crippen LogP contribution in [0.15, 0.2) is 54.6 Å². The van der Waals surface area contributed by atoms with Gasteiger partial charge in [0.15, 0.2) is 0 Å². The predicted octanol–water partition coefficient (Wildman–Crippen LogP) is 4.11. The lowest BCUT2D eigenvalue weighted by Crippen LogP contribution is -2.48. The molecule has 1 N–H and O–H groups in total. The van der Waals surface area contributed by atoms with Crippen LogP contribution in [0, 0.1) is 0 Å². The Labute approximate surface area is 149 Å². The molecule has 2 aromatic rings. The molecule has 2 atom stereocenters. The lowest BCUT2D eigenvalue weighted by atomic mass is 9.93. The van der Waals surface area contributed by atoms with E-state index < -0.39 is 0 Å². The number of nitrogens with zero attached hydrogens (tertiary/aromatic N) is 2. The highest BCUT2D eigenvalue weighted by molar-refractivity contribution is 5.93. The number of carbonyl (C=O) groups excluding carboxylic acids is 1. The number of likely N-dealkylation sites (tertiary alicyclic amines) is 1. The van der Waals surface area contributed by atoms with Crippen molar-refractivity contribution in [3.63, 3.8) is 0 Å². The van der Waals surface area contributed by atoms with Gasteiger partial charge in [-0.25, -0.2) is 4.79 Å². The summed E-state index contributed by atoms with van der Waals surface area (Å²) in [4.78, 5) is 17.4. The third-order valence-electron chi connectivity index (χ3n) is 5.50. The zero-order chi connectivity index (χ0) is 17.2. The van der Waals surface area contributed by atoms with Crippen LogP contribution in [0.1, 0.15) is 36.9 Å². The van der Waals surface area contributed by atoms with E-state index >= 15 is 0 Å². The third-order valence-corrected chi connectivity index (χ3v) is 5.50. The number of anilines is 1. The summed E-state index contributed by atoms with van der Waals surface area (Å²) < 4.78 is 0. The van der Waals surface area contributed by atoms with Gasteiger partial charge >= 0.3 is 6.03 Å². The number of rotatable bonds is 4. The van der Waals surface area contributed by atoms with Gasteiger partial charge in [-0.1, -0.05) is 55.5 Å². The third kappa shape index (κ3) is 3.02. The zero-order valence-corrected chi connectivity index (χ0v) is 14.7. The van der Waals surface area contributed by atoms with Crippen molar-refractivity contribution in [1.82, 2.24) is 9.80 Å². The highest BCUT2D eigenvalue weighted by Gasteiger charge is 2.36. The van der Waals surface area contributed by atoms with E-state index in [9.17, 15) is 4.79 Å². The predicted molar refractivity (Wildman–Crippen MR) is 101 cm³/mol. The van der Waals surface area contributed by atoms with Crippen LogP contribution in [0.2, 0.25) is 0 Å². The van der Waals surface area contributed by atoms with Gasteiger partial charge in [0.25, 0.3) is 0 Å². The molecule has 0 spiro atoms. The van der Waals surface area contributed by atoms with Crippen LogP contribution < -0.4 is 5.32 Å². The number of benzene rings is 2. The van der Waals surface area contributed by atoms with E-state index in [0.717, 1.165) is 25.3 Å². The first kappa shape index (κ1) is 16.2. The number of fused-ring (bicyclic) bond motifs is 1. The fourth-order valence-electron chi connectivity index (χ4n) is 4.25. The highest BCUT2D eigenvalue weighted by atomic mass is 16.2. The molecule has 1 unspecified atom stereocenters. The maximum atomic E-state index is 12.9. The molecule has 2 aliphatic rings. The smallest absolute Gasteiger partial charge is 0.312 e. The van der Waals surface area contributed by atoms with Crippen LogP contribution in [0.4, 0.5) is 10.5 Å². The van der Waals surface area contributed by atoms with E-state index in [1.807, 2.05) is 23.1 Å². The summed E-state index contributed by atoms with van der Waals surface area (Å²) in [5.41, 5.74) is 3.27. The number of hydrogen-bond acceptors (Lipinski definition) is 2. The second-order valence-electron chi connectivity index (χ2n) is 6.91. The Morgan fingerprint density at radius 1 is 1.08 bits per heavy atom. The summed E-state index contributed by atoms with van der Waals surface area (Å²) in [7, 11) is 0. The Kier molecular flexibility index (Phi) is 4.45. The quantitative estimate of drug-likeness (QED) is 0.913. The van der Waals surface area contributed by atoms with Crippen molar-refractivity contribution >= 4 is 11.7 Å². The fraction of sp³-hybridized carbons (Fsp3) is 0.381. The molecule has 2 aliphatic heterocycles. The summed E-state index contributed by atoms with van der Waals surface area (Å²) in [6.45, 7) is 5.17. The molecule has 0 aromatic heterocycles. The van der Waals surface area contributed by atoms with Crippen molar-refractivity contribution in [1.29, 1.82) is 0 Å². The minimum atomic E-state index is -0.0227. The summed E-state index contributed by atoms with van der Waals surface area (Å²) in [5.74, 6) is 0. The van der Waals surface area contributed by atoms with Crippen molar-refractivity contribution < 1.29 is 4.79 Å². The summed E-state index contributed by atoms with van der Waals surface area (Å²) in [6.07, 6.45) is 2.39. The summed E-state index contributed by atoms with van der Waals surface area (Å²) in [6, 6.07) is 19.0. The largest absolute Gasteiger partial charge is 0.322 e. The molecule has 0 radical (unpaired) electrons. The first-order chi connectivity index (χ1) is 12.3. The number of urea groups is 1. The minimum Gasteiger partial charge on any atom is -0.312 e. The normalized spacial score (nSPS) is 23.4. The lowest BCUT2D eigenvalue weighted by Gasteiger charge is -2.40. The summed E-state index contributed by atoms with van der Waals surface area (Å²) >= 11 is 0. The van der Waals surface area contributed by atoms with Crippen molar-refractivity contribution in [2.45, 2.75) is 31.8 Å². The molecule has 4 heteroatoms. The molecule has 0 saturated carbocycles. The number of amides is 2. The van der Waals surface area contributed by atoms with Crippen LogP contribution in [0.5, 0.6) is 0 Å². The molecule has 2 heterocycles. The van der Waals surface area contributed by atoms with E-state index in [-0.39, 0.29) is 12.1 Å². The molecule has 25 heavy (non-hydrogen) atoms. The van der Waals surface area contributed by atoms with Crippen LogP contribution in [0.25, 0.3) is 0 Å². The van der Waals surface area contributed by atoms with Gasteiger partial charge in [-0.15, -0.1) is 0 Å². The monoisotopic (exact) mass is 335 g/mol. The van der Waals surface area contributed by atoms with Gasteiger partial charge in [0.1, 0.15) is 0 Å². The SMILES string of the molecule is CCN1CCC[C@@H]1CN1C(=O)Nc2ccccc2C1c1ccccc1. The van der Waals surface area contributed by atoms with E-state index in [1.54, 1.807) is 0 Å². The minimum absolute atomic E-state index is 0.00973. The molecule has 130 valence electrons. The van der Waals surface area contributed by atoms with Crippen LogP contribution in [-0.2, 0) is 0 Å². The molecule has 0 aliphatic carbocycles. The van der Waals surface area contributed by atoms with Gasteiger partial charge < -0.3 is 10.2 Å². The van der Waals surface area contributed by atoms with E-state index in [0.29, 0.717) is 6.04 Å². The maximum absolute atomic E-state index is 12.9. The van der Waals surface area contributed by atoms with Gasteiger partial charge in [-0.05, 0) is 37.6 Å². The second kappa shape index (κ2) is 6.89. The van der Waals surface area contributed by atoms with Gasteiger partial charge in [0, 0.05) is 23.8 Å². The molecule has 2 aromatic carbocycles. The highest BCUT2D eigenvalue weighted by Crippen LogP contribution is 2.38. The standard InChI is InChI=1S/C21H25N3O/c1-2-23-14-8-11-17(23)15-24-20(16-9-4-3-5-10-16)18-12-6-7-13-19(18)22-21(24)25/h3-7,9-10,12-13,17,20H,2,8,11,14-15H2,1H3,(H,22,25)/t17-,20?/m1/s1. The molecular weight excluding hydrogens is 310 g/mol. The van der Waals surface area contributed by atoms with E-state index in [4.69, 9.17) is 0 Å². The summed E-state index contributed by atoms with van der Waals surface area (Å²) in [5, 5.41) is 3.08. The number of nitrogens with one attached hydrogen (secondary N) is 1. The molecule has 4 rings (SSSR count). The van der Waals surface area contributed by atoms with Crippen molar-refractivity contribution in [3.8, 4) is 0 Å². The average molecular weight is 335 g/mol. The Hall–Kier alpha value is -2.33. The van der Waals surface area contributed by atoms with Crippen LogP contribution >= 0.6 is 0 Å². The molecule has 0 bridgehead atoms. The number of carbonyl (C=O) groups is 1. The average Bonchev–Trinajstić information content (AvgIpc) is 3.10. The second-order valence-corrected chi connectivity index (χ2v) is 6.91. The zero-order valence-electron chi connectivity index (χ0n) is 14.7. The van der Waals surface area contributed by atoms with Gasteiger partial charge in [-0.3, -0.25) is 4.90 Å². The maximum Gasteiger partial charge on any atom is 0.322 e. The van der Waals surface area contributed by atoms with Crippen LogP contribution in [-0.4, -0.2) is 41.5 Å². The molecule has 1 saturated heterocycles. The Morgan fingerprint density at radius 2 is 1.84 bits per heavy atom. The van der Waals surface area contributed by atoms with Crippen LogP contribution in [0.3, 0.4) is 0 Å². The van der Waals surface area contributed by atoms with Gasteiger partial charge in [0.05, 0.1) is 6.04 Å². The lowest BCUT2D eigenvalue weighted by molar-refractivity contribution is 0.160. The molecule has 1 fully saturated rings. The number of para-hydroxylation sites is 1. The number of hydrogen-bond donors (Lipinski definition) is 1. The van der Waals surface area contributed by atoms with E-state index in [1.165, 1.54) is 24.0 Å². The Bertz CT molecular complexity index is 746. The van der Waals surface area contributed by atoms with Crippen molar-refractivity contribution in [2.24, 2.45) is 0 Å².